The highest BCUT2D eigenvalue weighted by Crippen LogP contribution is 2.21. The number of hydrogen-bond donors (Lipinski definition) is 1. The molecule has 0 aliphatic carbocycles. The third kappa shape index (κ3) is 4.11. The number of rotatable bonds is 6. The molecule has 1 fully saturated rings. The maximum atomic E-state index is 12.6. The highest BCUT2D eigenvalue weighted by atomic mass is 35.5. The normalized spacial score (nSPS) is 15.6. The molecule has 7 nitrogen and oxygen atoms in total. The maximum absolute atomic E-state index is 12.6. The molecule has 2 aromatic rings. The van der Waals surface area contributed by atoms with Crippen molar-refractivity contribution in [1.82, 2.24) is 20.2 Å². The van der Waals surface area contributed by atoms with Crippen molar-refractivity contribution >= 4 is 23.5 Å². The smallest absolute Gasteiger partial charge is 0.271 e. The van der Waals surface area contributed by atoms with E-state index < -0.39 is 0 Å². The van der Waals surface area contributed by atoms with Gasteiger partial charge in [-0.3, -0.25) is 9.69 Å². The Morgan fingerprint density at radius 1 is 1.44 bits per heavy atom. The molecular weight excluding hydrogens is 342 g/mol. The minimum absolute atomic E-state index is 0.0717. The van der Waals surface area contributed by atoms with Crippen LogP contribution in [0, 0.1) is 0 Å². The summed E-state index contributed by atoms with van der Waals surface area (Å²) in [6.45, 7) is 2.20. The van der Waals surface area contributed by atoms with Crippen molar-refractivity contribution < 1.29 is 9.21 Å². The molecule has 1 aliphatic heterocycles. The topological polar surface area (TPSA) is 74.5 Å². The van der Waals surface area contributed by atoms with Gasteiger partial charge in [-0.1, -0.05) is 11.6 Å². The van der Waals surface area contributed by atoms with Crippen LogP contribution >= 0.6 is 11.6 Å². The van der Waals surface area contributed by atoms with Crippen molar-refractivity contribution in [2.45, 2.75) is 18.9 Å². The van der Waals surface area contributed by atoms with Gasteiger partial charge >= 0.3 is 0 Å². The third-order valence-corrected chi connectivity index (χ3v) is 4.56. The lowest BCUT2D eigenvalue weighted by Crippen LogP contribution is -2.35. The Morgan fingerprint density at radius 3 is 2.84 bits per heavy atom. The predicted octanol–water partition coefficient (Wildman–Crippen LogP) is 2.36. The van der Waals surface area contributed by atoms with Crippen molar-refractivity contribution in [3.05, 3.63) is 41.1 Å². The largest absolute Gasteiger partial charge is 0.468 e. The zero-order valence-corrected chi connectivity index (χ0v) is 15.2. The van der Waals surface area contributed by atoms with Crippen LogP contribution in [0.15, 0.2) is 29.0 Å². The van der Waals surface area contributed by atoms with E-state index in [1.54, 1.807) is 6.26 Å². The molecular formula is C17H22ClN5O2. The fraction of sp³-hybridized carbons (Fsp3) is 0.471. The standard InChI is InChI=1S/C17H22ClN5O2/c1-22(2)13(14-6-5-9-25-14)11-19-16(24)15-12(18)10-20-17(21-15)23-7-3-4-8-23/h5-6,9-10,13H,3-4,7-8,11H2,1-2H3,(H,19,24)/t13-/m1/s1. The van der Waals surface area contributed by atoms with E-state index in [2.05, 4.69) is 20.2 Å². The van der Waals surface area contributed by atoms with Gasteiger partial charge in [0, 0.05) is 19.6 Å². The Kier molecular flexibility index (Phi) is 5.55. The average Bonchev–Trinajstić information content (AvgIpc) is 3.29. The molecule has 0 spiro atoms. The van der Waals surface area contributed by atoms with Gasteiger partial charge in [-0.2, -0.15) is 0 Å². The Labute approximate surface area is 152 Å². The molecule has 1 saturated heterocycles. The predicted molar refractivity (Wildman–Crippen MR) is 96.0 cm³/mol. The lowest BCUT2D eigenvalue weighted by molar-refractivity contribution is 0.0934. The molecule has 3 heterocycles. The Bertz CT molecular complexity index is 714. The molecule has 8 heteroatoms. The van der Waals surface area contributed by atoms with Crippen molar-refractivity contribution in [3.8, 4) is 0 Å². The van der Waals surface area contributed by atoms with Gasteiger partial charge in [-0.05, 0) is 39.1 Å². The quantitative estimate of drug-likeness (QED) is 0.849. The van der Waals surface area contributed by atoms with Crippen LogP contribution in [0.2, 0.25) is 5.02 Å². The summed E-state index contributed by atoms with van der Waals surface area (Å²) >= 11 is 6.14. The summed E-state index contributed by atoms with van der Waals surface area (Å²) in [4.78, 5) is 25.2. The average molecular weight is 364 g/mol. The van der Waals surface area contributed by atoms with Crippen molar-refractivity contribution in [1.29, 1.82) is 0 Å². The SMILES string of the molecule is CN(C)[C@H](CNC(=O)c1nc(N2CCCC2)ncc1Cl)c1ccco1. The molecule has 1 amide bonds. The Balaban J connectivity index is 1.71. The van der Waals surface area contributed by atoms with E-state index in [4.69, 9.17) is 16.0 Å². The maximum Gasteiger partial charge on any atom is 0.271 e. The van der Waals surface area contributed by atoms with Crippen molar-refractivity contribution in [2.75, 3.05) is 38.6 Å². The number of anilines is 1. The van der Waals surface area contributed by atoms with Crippen LogP contribution < -0.4 is 10.2 Å². The zero-order chi connectivity index (χ0) is 17.8. The number of aromatic nitrogens is 2. The van der Waals surface area contributed by atoms with Gasteiger partial charge in [0.1, 0.15) is 5.76 Å². The monoisotopic (exact) mass is 363 g/mol. The van der Waals surface area contributed by atoms with Gasteiger partial charge < -0.3 is 14.6 Å². The molecule has 0 saturated carbocycles. The molecule has 1 atom stereocenters. The van der Waals surface area contributed by atoms with Gasteiger partial charge in [-0.25, -0.2) is 9.97 Å². The highest BCUT2D eigenvalue weighted by molar-refractivity contribution is 6.33. The van der Waals surface area contributed by atoms with Gasteiger partial charge in [-0.15, -0.1) is 0 Å². The van der Waals surface area contributed by atoms with Crippen LogP contribution in [0.25, 0.3) is 0 Å². The molecule has 0 aromatic carbocycles. The molecule has 0 bridgehead atoms. The summed E-state index contributed by atoms with van der Waals surface area (Å²) in [6, 6.07) is 3.65. The summed E-state index contributed by atoms with van der Waals surface area (Å²) in [6.07, 6.45) is 5.34. The fourth-order valence-corrected chi connectivity index (χ4v) is 3.06. The van der Waals surface area contributed by atoms with E-state index in [1.807, 2.05) is 31.1 Å². The van der Waals surface area contributed by atoms with E-state index in [0.717, 1.165) is 31.7 Å². The van der Waals surface area contributed by atoms with E-state index >= 15 is 0 Å². The minimum Gasteiger partial charge on any atom is -0.468 e. The fourth-order valence-electron chi connectivity index (χ4n) is 2.88. The van der Waals surface area contributed by atoms with Crippen LogP contribution in [-0.4, -0.2) is 54.5 Å². The summed E-state index contributed by atoms with van der Waals surface area (Å²) in [5.41, 5.74) is 0.204. The van der Waals surface area contributed by atoms with Gasteiger partial charge in [0.05, 0.1) is 23.5 Å². The summed E-state index contributed by atoms with van der Waals surface area (Å²) in [5.74, 6) is 1.03. The van der Waals surface area contributed by atoms with E-state index in [1.165, 1.54) is 6.20 Å². The molecule has 2 aromatic heterocycles. The van der Waals surface area contributed by atoms with Gasteiger partial charge in [0.25, 0.3) is 5.91 Å². The number of halogens is 1. The number of nitrogens with zero attached hydrogens (tertiary/aromatic N) is 4. The van der Waals surface area contributed by atoms with Gasteiger partial charge in [0.15, 0.2) is 5.69 Å². The van der Waals surface area contributed by atoms with Crippen LogP contribution in [0.4, 0.5) is 5.95 Å². The minimum atomic E-state index is -0.314. The molecule has 1 N–H and O–H groups in total. The lowest BCUT2D eigenvalue weighted by Gasteiger charge is -2.22. The summed E-state index contributed by atoms with van der Waals surface area (Å²) in [7, 11) is 3.87. The van der Waals surface area contributed by atoms with Crippen LogP contribution in [0.1, 0.15) is 35.1 Å². The second-order valence-corrected chi connectivity index (χ2v) is 6.67. The first-order valence-corrected chi connectivity index (χ1v) is 8.69. The van der Waals surface area contributed by atoms with E-state index in [9.17, 15) is 4.79 Å². The highest BCUT2D eigenvalue weighted by Gasteiger charge is 2.22. The first-order chi connectivity index (χ1) is 12.1. The molecule has 25 heavy (non-hydrogen) atoms. The second kappa shape index (κ2) is 7.84. The summed E-state index contributed by atoms with van der Waals surface area (Å²) in [5, 5.41) is 3.14. The molecule has 134 valence electrons. The zero-order valence-electron chi connectivity index (χ0n) is 14.4. The lowest BCUT2D eigenvalue weighted by atomic mass is 10.2. The third-order valence-electron chi connectivity index (χ3n) is 4.29. The van der Waals surface area contributed by atoms with Crippen LogP contribution in [-0.2, 0) is 0 Å². The summed E-state index contributed by atoms with van der Waals surface area (Å²) < 4.78 is 5.45. The molecule has 0 radical (unpaired) electrons. The van der Waals surface area contributed by atoms with Crippen molar-refractivity contribution in [2.24, 2.45) is 0 Å². The van der Waals surface area contributed by atoms with Crippen LogP contribution in [0.5, 0.6) is 0 Å². The molecule has 0 unspecified atom stereocenters. The van der Waals surface area contributed by atoms with Crippen LogP contribution in [0.3, 0.4) is 0 Å². The Hall–Kier alpha value is -2.12. The number of nitrogens with one attached hydrogen (secondary N) is 1. The first kappa shape index (κ1) is 17.7. The molecule has 3 rings (SSSR count). The van der Waals surface area contributed by atoms with Crippen molar-refractivity contribution in [3.63, 3.8) is 0 Å². The number of likely N-dealkylation sites (N-methyl/N-ethyl adjacent to an activating group) is 1. The van der Waals surface area contributed by atoms with E-state index in [0.29, 0.717) is 12.5 Å². The van der Waals surface area contributed by atoms with E-state index in [-0.39, 0.29) is 22.7 Å². The number of hydrogen-bond acceptors (Lipinski definition) is 6. The second-order valence-electron chi connectivity index (χ2n) is 6.27. The number of carbonyl (C=O) groups excluding carboxylic acids is 1. The molecule has 1 aliphatic rings. The Morgan fingerprint density at radius 2 is 2.20 bits per heavy atom. The van der Waals surface area contributed by atoms with Gasteiger partial charge in [0.2, 0.25) is 5.95 Å². The first-order valence-electron chi connectivity index (χ1n) is 8.32. The number of furan rings is 1. The number of carbonyl (C=O) groups is 1. The number of amides is 1.